The van der Waals surface area contributed by atoms with E-state index >= 15 is 0 Å². The SMILES string of the molecule is C[n+]1ccc(-c2ccc(N)cc2)cc1. The first kappa shape index (κ1) is 8.75. The van der Waals surface area contributed by atoms with Gasteiger partial charge < -0.3 is 5.73 Å². The molecule has 2 heteroatoms. The minimum Gasteiger partial charge on any atom is -0.399 e. The van der Waals surface area contributed by atoms with Gasteiger partial charge in [0, 0.05) is 17.8 Å². The van der Waals surface area contributed by atoms with E-state index in [1.807, 2.05) is 48.3 Å². The van der Waals surface area contributed by atoms with Gasteiger partial charge in [-0.15, -0.1) is 0 Å². The van der Waals surface area contributed by atoms with Crippen LogP contribution in [-0.4, -0.2) is 0 Å². The summed E-state index contributed by atoms with van der Waals surface area (Å²) >= 11 is 0. The molecule has 2 N–H and O–H groups in total. The number of nitrogen functional groups attached to an aromatic ring is 1. The molecule has 0 amide bonds. The minimum absolute atomic E-state index is 0.801. The second-order valence-electron chi connectivity index (χ2n) is 3.37. The summed E-state index contributed by atoms with van der Waals surface area (Å²) < 4.78 is 2.01. The van der Waals surface area contributed by atoms with Gasteiger partial charge in [0.05, 0.1) is 0 Å². The Hall–Kier alpha value is -1.83. The summed E-state index contributed by atoms with van der Waals surface area (Å²) in [5.41, 5.74) is 8.83. The molecule has 0 unspecified atom stereocenters. The van der Waals surface area contributed by atoms with Crippen molar-refractivity contribution >= 4 is 5.69 Å². The summed E-state index contributed by atoms with van der Waals surface area (Å²) in [5, 5.41) is 0. The molecule has 0 saturated carbocycles. The van der Waals surface area contributed by atoms with Gasteiger partial charge in [-0.25, -0.2) is 4.57 Å². The summed E-state index contributed by atoms with van der Waals surface area (Å²) in [6.45, 7) is 0. The third-order valence-corrected chi connectivity index (χ3v) is 2.22. The summed E-state index contributed by atoms with van der Waals surface area (Å²) in [6, 6.07) is 12.1. The van der Waals surface area contributed by atoms with E-state index in [1.165, 1.54) is 11.1 Å². The average Bonchev–Trinajstić information content (AvgIpc) is 2.21. The molecule has 1 aromatic heterocycles. The van der Waals surface area contributed by atoms with Crippen molar-refractivity contribution in [1.29, 1.82) is 0 Å². The third kappa shape index (κ3) is 1.74. The number of pyridine rings is 1. The third-order valence-electron chi connectivity index (χ3n) is 2.22. The van der Waals surface area contributed by atoms with Crippen LogP contribution in [-0.2, 0) is 7.05 Å². The first-order chi connectivity index (χ1) is 6.75. The van der Waals surface area contributed by atoms with Crippen molar-refractivity contribution in [2.75, 3.05) is 5.73 Å². The Morgan fingerprint density at radius 2 is 1.36 bits per heavy atom. The van der Waals surface area contributed by atoms with Gasteiger partial charge in [-0.3, -0.25) is 0 Å². The Balaban J connectivity index is 2.40. The van der Waals surface area contributed by atoms with Gasteiger partial charge >= 0.3 is 0 Å². The zero-order valence-electron chi connectivity index (χ0n) is 8.14. The minimum atomic E-state index is 0.801. The molecule has 70 valence electrons. The fraction of sp³-hybridized carbons (Fsp3) is 0.0833. The number of anilines is 1. The van der Waals surface area contributed by atoms with Crippen LogP contribution in [0.15, 0.2) is 48.8 Å². The summed E-state index contributed by atoms with van der Waals surface area (Å²) in [7, 11) is 2.01. The number of hydrogen-bond donors (Lipinski definition) is 1. The number of aryl methyl sites for hydroxylation is 1. The van der Waals surface area contributed by atoms with E-state index in [9.17, 15) is 0 Å². The van der Waals surface area contributed by atoms with Crippen LogP contribution in [0.3, 0.4) is 0 Å². The van der Waals surface area contributed by atoms with Crippen LogP contribution in [0.5, 0.6) is 0 Å². The second-order valence-corrected chi connectivity index (χ2v) is 3.37. The van der Waals surface area contributed by atoms with Crippen LogP contribution < -0.4 is 10.3 Å². The molecule has 0 radical (unpaired) electrons. The molecule has 0 aliphatic heterocycles. The highest BCUT2D eigenvalue weighted by atomic mass is 14.9. The zero-order valence-corrected chi connectivity index (χ0v) is 8.14. The van der Waals surface area contributed by atoms with Gasteiger partial charge in [0.15, 0.2) is 12.4 Å². The molecule has 2 rings (SSSR count). The van der Waals surface area contributed by atoms with Crippen LogP contribution in [0.25, 0.3) is 11.1 Å². The second kappa shape index (κ2) is 3.50. The van der Waals surface area contributed by atoms with E-state index in [0.717, 1.165) is 5.69 Å². The maximum Gasteiger partial charge on any atom is 0.169 e. The van der Waals surface area contributed by atoms with E-state index in [2.05, 4.69) is 12.1 Å². The Bertz CT molecular complexity index is 372. The van der Waals surface area contributed by atoms with Crippen molar-refractivity contribution < 1.29 is 4.57 Å². The Kier molecular flexibility index (Phi) is 2.19. The highest BCUT2D eigenvalue weighted by molar-refractivity contribution is 5.64. The Labute approximate surface area is 83.6 Å². The molecule has 2 aromatic rings. The van der Waals surface area contributed by atoms with Crippen molar-refractivity contribution in [3.8, 4) is 11.1 Å². The van der Waals surface area contributed by atoms with E-state index < -0.39 is 0 Å². The number of rotatable bonds is 1. The molecule has 0 atom stereocenters. The Morgan fingerprint density at radius 3 is 1.93 bits per heavy atom. The van der Waals surface area contributed by atoms with Gasteiger partial charge in [-0.05, 0) is 23.3 Å². The first-order valence-corrected chi connectivity index (χ1v) is 4.57. The molecule has 0 aliphatic rings. The van der Waals surface area contributed by atoms with Crippen molar-refractivity contribution in [2.45, 2.75) is 0 Å². The molecule has 1 heterocycles. The molecular formula is C12H13N2+. The molecule has 0 aliphatic carbocycles. The average molecular weight is 185 g/mol. The normalized spacial score (nSPS) is 10.1. The van der Waals surface area contributed by atoms with Gasteiger partial charge in [-0.2, -0.15) is 0 Å². The van der Waals surface area contributed by atoms with E-state index in [-0.39, 0.29) is 0 Å². The number of benzene rings is 1. The summed E-state index contributed by atoms with van der Waals surface area (Å²) in [4.78, 5) is 0. The van der Waals surface area contributed by atoms with Crippen LogP contribution in [0.4, 0.5) is 5.69 Å². The predicted molar refractivity (Wildman–Crippen MR) is 57.5 cm³/mol. The lowest BCUT2D eigenvalue weighted by Gasteiger charge is -2.00. The van der Waals surface area contributed by atoms with Crippen LogP contribution in [0.1, 0.15) is 0 Å². The van der Waals surface area contributed by atoms with Gasteiger partial charge in [0.25, 0.3) is 0 Å². The standard InChI is InChI=1S/C12H12N2/c1-14-8-6-11(7-9-14)10-2-4-12(13)5-3-10/h2-9,13H,1H3/p+1. The Morgan fingerprint density at radius 1 is 0.857 bits per heavy atom. The highest BCUT2D eigenvalue weighted by Gasteiger charge is 1.98. The fourth-order valence-corrected chi connectivity index (χ4v) is 1.37. The number of nitrogens with two attached hydrogens (primary N) is 1. The smallest absolute Gasteiger partial charge is 0.169 e. The summed E-state index contributed by atoms with van der Waals surface area (Å²) in [5.74, 6) is 0. The predicted octanol–water partition coefficient (Wildman–Crippen LogP) is 1.76. The van der Waals surface area contributed by atoms with E-state index in [4.69, 9.17) is 5.73 Å². The number of nitrogens with zero attached hydrogens (tertiary/aromatic N) is 1. The summed E-state index contributed by atoms with van der Waals surface area (Å²) in [6.07, 6.45) is 4.07. The van der Waals surface area contributed by atoms with E-state index in [1.54, 1.807) is 0 Å². The quantitative estimate of drug-likeness (QED) is 0.532. The first-order valence-electron chi connectivity index (χ1n) is 4.57. The number of aromatic nitrogens is 1. The number of hydrogen-bond acceptors (Lipinski definition) is 1. The molecular weight excluding hydrogens is 172 g/mol. The molecule has 2 nitrogen and oxygen atoms in total. The monoisotopic (exact) mass is 185 g/mol. The van der Waals surface area contributed by atoms with Crippen LogP contribution in [0.2, 0.25) is 0 Å². The van der Waals surface area contributed by atoms with Gasteiger partial charge in [0.1, 0.15) is 7.05 Å². The molecule has 14 heavy (non-hydrogen) atoms. The zero-order chi connectivity index (χ0) is 9.97. The lowest BCUT2D eigenvalue weighted by molar-refractivity contribution is -0.671. The molecule has 0 saturated heterocycles. The van der Waals surface area contributed by atoms with Crippen molar-refractivity contribution in [2.24, 2.45) is 7.05 Å². The van der Waals surface area contributed by atoms with Crippen molar-refractivity contribution in [3.63, 3.8) is 0 Å². The van der Waals surface area contributed by atoms with Crippen LogP contribution >= 0.6 is 0 Å². The van der Waals surface area contributed by atoms with Crippen LogP contribution in [0, 0.1) is 0 Å². The largest absolute Gasteiger partial charge is 0.399 e. The molecule has 0 spiro atoms. The lowest BCUT2D eigenvalue weighted by Crippen LogP contribution is -2.25. The molecule has 0 fully saturated rings. The fourth-order valence-electron chi connectivity index (χ4n) is 1.37. The van der Waals surface area contributed by atoms with Crippen molar-refractivity contribution in [1.82, 2.24) is 0 Å². The maximum absolute atomic E-state index is 5.62. The molecule has 0 bridgehead atoms. The van der Waals surface area contributed by atoms with Gasteiger partial charge in [0.2, 0.25) is 0 Å². The maximum atomic E-state index is 5.62. The van der Waals surface area contributed by atoms with Crippen molar-refractivity contribution in [3.05, 3.63) is 48.8 Å². The highest BCUT2D eigenvalue weighted by Crippen LogP contribution is 2.18. The molecule has 1 aromatic carbocycles. The topological polar surface area (TPSA) is 29.9 Å². The van der Waals surface area contributed by atoms with E-state index in [0.29, 0.717) is 0 Å². The van der Waals surface area contributed by atoms with Gasteiger partial charge in [-0.1, -0.05) is 12.1 Å². The lowest BCUT2D eigenvalue weighted by atomic mass is 10.1.